The summed E-state index contributed by atoms with van der Waals surface area (Å²) < 4.78 is 16.4. The first-order chi connectivity index (χ1) is 13.5. The van der Waals surface area contributed by atoms with Gasteiger partial charge in [0, 0.05) is 12.6 Å². The summed E-state index contributed by atoms with van der Waals surface area (Å²) in [7, 11) is 0. The molecule has 1 amide bonds. The van der Waals surface area contributed by atoms with Gasteiger partial charge in [-0.15, -0.1) is 0 Å². The molecule has 0 spiro atoms. The fourth-order valence-corrected chi connectivity index (χ4v) is 3.90. The van der Waals surface area contributed by atoms with E-state index in [0.717, 1.165) is 32.3 Å². The number of nitrogens with one attached hydrogen (secondary N) is 1. The molecule has 6 nitrogen and oxygen atoms in total. The zero-order chi connectivity index (χ0) is 19.9. The Bertz CT molecular complexity index is 653. The maximum Gasteiger partial charge on any atom is 0.338 e. The Hall–Kier alpha value is -2.08. The van der Waals surface area contributed by atoms with Gasteiger partial charge in [0.05, 0.1) is 11.7 Å². The van der Waals surface area contributed by atoms with Crippen LogP contribution in [0.15, 0.2) is 24.3 Å². The third kappa shape index (κ3) is 5.71. The third-order valence-electron chi connectivity index (χ3n) is 5.94. The van der Waals surface area contributed by atoms with E-state index in [2.05, 4.69) is 19.2 Å². The van der Waals surface area contributed by atoms with Crippen LogP contribution in [0.5, 0.6) is 5.75 Å². The van der Waals surface area contributed by atoms with E-state index in [-0.39, 0.29) is 24.7 Å². The van der Waals surface area contributed by atoms with Crippen molar-refractivity contribution in [3.05, 3.63) is 29.8 Å². The first kappa shape index (κ1) is 20.6. The zero-order valence-electron chi connectivity index (χ0n) is 16.8. The molecule has 1 aliphatic carbocycles. The fraction of sp³-hybridized carbons (Fsp3) is 0.636. The van der Waals surface area contributed by atoms with E-state index in [0.29, 0.717) is 29.8 Å². The summed E-state index contributed by atoms with van der Waals surface area (Å²) in [6.45, 7) is 5.45. The maximum absolute atomic E-state index is 12.2. The van der Waals surface area contributed by atoms with Crippen LogP contribution in [0.1, 0.15) is 56.3 Å². The molecule has 4 atom stereocenters. The topological polar surface area (TPSA) is 73.9 Å². The number of hydrogen-bond donors (Lipinski definition) is 1. The molecule has 2 aliphatic rings. The number of rotatable bonds is 7. The Kier molecular flexibility index (Phi) is 7.31. The number of ether oxygens (including phenoxy) is 3. The summed E-state index contributed by atoms with van der Waals surface area (Å²) >= 11 is 0. The third-order valence-corrected chi connectivity index (χ3v) is 5.94. The normalized spacial score (nSPS) is 27.2. The van der Waals surface area contributed by atoms with Gasteiger partial charge in [-0.1, -0.05) is 26.7 Å². The van der Waals surface area contributed by atoms with Gasteiger partial charge in [0.15, 0.2) is 6.61 Å². The largest absolute Gasteiger partial charge is 0.491 e. The van der Waals surface area contributed by atoms with Crippen molar-refractivity contribution in [2.75, 3.05) is 19.8 Å². The van der Waals surface area contributed by atoms with E-state index in [1.807, 2.05) is 0 Å². The van der Waals surface area contributed by atoms with Gasteiger partial charge in [0.25, 0.3) is 5.91 Å². The van der Waals surface area contributed by atoms with E-state index in [4.69, 9.17) is 14.2 Å². The molecule has 154 valence electrons. The summed E-state index contributed by atoms with van der Waals surface area (Å²) in [6, 6.07) is 6.93. The average molecular weight is 389 g/mol. The van der Waals surface area contributed by atoms with Crippen LogP contribution in [-0.2, 0) is 14.3 Å². The van der Waals surface area contributed by atoms with Crippen molar-refractivity contribution in [1.29, 1.82) is 0 Å². The highest BCUT2D eigenvalue weighted by atomic mass is 16.5. The van der Waals surface area contributed by atoms with Crippen LogP contribution in [0, 0.1) is 11.8 Å². The second-order valence-corrected chi connectivity index (χ2v) is 7.99. The highest BCUT2D eigenvalue weighted by molar-refractivity contribution is 5.91. The van der Waals surface area contributed by atoms with Crippen molar-refractivity contribution in [1.82, 2.24) is 5.32 Å². The van der Waals surface area contributed by atoms with Gasteiger partial charge >= 0.3 is 5.97 Å². The molecule has 0 aromatic heterocycles. The van der Waals surface area contributed by atoms with E-state index in [1.54, 1.807) is 24.3 Å². The van der Waals surface area contributed by atoms with Crippen LogP contribution in [0.25, 0.3) is 0 Å². The molecule has 0 unspecified atom stereocenters. The summed E-state index contributed by atoms with van der Waals surface area (Å²) in [5, 5.41) is 3.01. The van der Waals surface area contributed by atoms with Crippen molar-refractivity contribution in [2.45, 2.75) is 58.1 Å². The van der Waals surface area contributed by atoms with Gasteiger partial charge in [-0.2, -0.15) is 0 Å². The van der Waals surface area contributed by atoms with Crippen LogP contribution in [0.3, 0.4) is 0 Å². The Morgan fingerprint density at radius 3 is 2.61 bits per heavy atom. The predicted molar refractivity (Wildman–Crippen MR) is 105 cm³/mol. The van der Waals surface area contributed by atoms with Gasteiger partial charge in [-0.3, -0.25) is 4.79 Å². The summed E-state index contributed by atoms with van der Waals surface area (Å²) in [5.41, 5.74) is 0.400. The van der Waals surface area contributed by atoms with E-state index < -0.39 is 5.97 Å². The molecule has 1 aliphatic heterocycles. The summed E-state index contributed by atoms with van der Waals surface area (Å²) in [6.07, 6.45) is 5.56. The molecule has 0 bridgehead atoms. The standard InChI is InChI=1S/C22H31NO5/c1-15-5-3-7-20(16(15)2)23-21(24)14-28-22(25)17-8-10-18(11-9-17)27-13-19-6-4-12-26-19/h8-11,15-16,19-20H,3-7,12-14H2,1-2H3,(H,23,24)/t15-,16+,19+,20+/m1/s1. The molecule has 0 radical (unpaired) electrons. The smallest absolute Gasteiger partial charge is 0.338 e. The highest BCUT2D eigenvalue weighted by Gasteiger charge is 2.28. The number of carbonyl (C=O) groups excluding carboxylic acids is 2. The Morgan fingerprint density at radius 2 is 1.89 bits per heavy atom. The molecule has 1 saturated heterocycles. The molecule has 1 N–H and O–H groups in total. The van der Waals surface area contributed by atoms with Crippen LogP contribution in [0.2, 0.25) is 0 Å². The molecule has 3 rings (SSSR count). The summed E-state index contributed by atoms with van der Waals surface area (Å²) in [5.74, 6) is 0.977. The van der Waals surface area contributed by atoms with E-state index in [1.165, 1.54) is 6.42 Å². The lowest BCUT2D eigenvalue weighted by Crippen LogP contribution is -2.45. The lowest BCUT2D eigenvalue weighted by atomic mass is 9.78. The van der Waals surface area contributed by atoms with E-state index >= 15 is 0 Å². The van der Waals surface area contributed by atoms with Gasteiger partial charge in [-0.25, -0.2) is 4.79 Å². The Balaban J connectivity index is 1.40. The minimum absolute atomic E-state index is 0.151. The minimum atomic E-state index is -0.508. The maximum atomic E-state index is 12.2. The number of hydrogen-bond acceptors (Lipinski definition) is 5. The minimum Gasteiger partial charge on any atom is -0.491 e. The van der Waals surface area contributed by atoms with Crippen molar-refractivity contribution in [3.8, 4) is 5.75 Å². The van der Waals surface area contributed by atoms with Crippen LogP contribution in [0.4, 0.5) is 0 Å². The van der Waals surface area contributed by atoms with Crippen LogP contribution >= 0.6 is 0 Å². The summed E-state index contributed by atoms with van der Waals surface area (Å²) in [4.78, 5) is 24.3. The van der Waals surface area contributed by atoms with Crippen LogP contribution in [-0.4, -0.2) is 43.8 Å². The number of amides is 1. The SMILES string of the molecule is C[C@H]1[C@H](C)CCC[C@@H]1NC(=O)COC(=O)c1ccc(OC[C@@H]2CCCO2)cc1. The molecule has 28 heavy (non-hydrogen) atoms. The molecule has 1 aromatic rings. The lowest BCUT2D eigenvalue weighted by Gasteiger charge is -2.34. The second-order valence-electron chi connectivity index (χ2n) is 7.99. The van der Waals surface area contributed by atoms with Gasteiger partial charge in [-0.05, 0) is 55.4 Å². The quantitative estimate of drug-likeness (QED) is 0.724. The molecule has 1 saturated carbocycles. The monoisotopic (exact) mass is 389 g/mol. The molecule has 2 fully saturated rings. The first-order valence-corrected chi connectivity index (χ1v) is 10.3. The van der Waals surface area contributed by atoms with Crippen molar-refractivity contribution >= 4 is 11.9 Å². The van der Waals surface area contributed by atoms with Crippen molar-refractivity contribution < 1.29 is 23.8 Å². The Labute approximate surface area is 166 Å². The van der Waals surface area contributed by atoms with Gasteiger partial charge in [0.1, 0.15) is 12.4 Å². The van der Waals surface area contributed by atoms with Crippen molar-refractivity contribution in [2.24, 2.45) is 11.8 Å². The zero-order valence-corrected chi connectivity index (χ0v) is 16.8. The molecule has 1 aromatic carbocycles. The fourth-order valence-electron chi connectivity index (χ4n) is 3.90. The second kappa shape index (κ2) is 9.92. The average Bonchev–Trinajstić information content (AvgIpc) is 3.22. The molecule has 1 heterocycles. The van der Waals surface area contributed by atoms with Crippen molar-refractivity contribution in [3.63, 3.8) is 0 Å². The molecule has 6 heteroatoms. The number of esters is 1. The van der Waals surface area contributed by atoms with Crippen LogP contribution < -0.4 is 10.1 Å². The lowest BCUT2D eigenvalue weighted by molar-refractivity contribution is -0.125. The van der Waals surface area contributed by atoms with Gasteiger partial charge < -0.3 is 19.5 Å². The predicted octanol–water partition coefficient (Wildman–Crippen LogP) is 3.34. The highest BCUT2D eigenvalue weighted by Crippen LogP contribution is 2.29. The molecular weight excluding hydrogens is 358 g/mol. The Morgan fingerprint density at radius 1 is 1.11 bits per heavy atom. The van der Waals surface area contributed by atoms with Gasteiger partial charge in [0.2, 0.25) is 0 Å². The van der Waals surface area contributed by atoms with E-state index in [9.17, 15) is 9.59 Å². The first-order valence-electron chi connectivity index (χ1n) is 10.3. The number of carbonyl (C=O) groups is 2. The number of benzene rings is 1. The molecular formula is C22H31NO5.